The number of rotatable bonds is 3. The molecule has 1 saturated heterocycles. The fraction of sp³-hybridized carbons (Fsp3) is 0.600. The molecule has 2 aliphatic rings. The van der Waals surface area contributed by atoms with Crippen LogP contribution in [0.3, 0.4) is 0 Å². The molecule has 2 amide bonds. The highest BCUT2D eigenvalue weighted by atomic mass is 16.5. The largest absolute Gasteiger partial charge is 0.497 e. The minimum Gasteiger partial charge on any atom is -0.497 e. The monoisotopic (exact) mass is 360 g/mol. The molecule has 0 spiro atoms. The number of fused-ring (bicyclic) bond motifs is 1. The molecule has 1 saturated carbocycles. The van der Waals surface area contributed by atoms with Crippen molar-refractivity contribution in [3.63, 3.8) is 0 Å². The minimum absolute atomic E-state index is 0.0384. The van der Waals surface area contributed by atoms with Crippen LogP contribution in [0, 0.1) is 5.92 Å². The van der Waals surface area contributed by atoms with Gasteiger partial charge in [0.1, 0.15) is 5.75 Å². The standard InChI is InChI=1S/C20H28N2O4/c1-25-16-6-4-5-15(13-16)14-19(23)22-10-12-26-11-9-21-20(24)17-7-2-3-8-18(17)22/h4-6,13,17-18H,2-3,7-12,14H2,1H3,(H,21,24). The Morgan fingerprint density at radius 1 is 1.31 bits per heavy atom. The summed E-state index contributed by atoms with van der Waals surface area (Å²) in [7, 11) is 1.62. The summed E-state index contributed by atoms with van der Waals surface area (Å²) in [4.78, 5) is 27.5. The number of methoxy groups -OCH3 is 1. The number of ether oxygens (including phenoxy) is 2. The van der Waals surface area contributed by atoms with E-state index in [9.17, 15) is 9.59 Å². The molecule has 3 rings (SSSR count). The quantitative estimate of drug-likeness (QED) is 0.892. The van der Waals surface area contributed by atoms with Crippen molar-refractivity contribution in [2.45, 2.75) is 38.1 Å². The van der Waals surface area contributed by atoms with Gasteiger partial charge in [0.15, 0.2) is 0 Å². The Balaban J connectivity index is 1.78. The maximum Gasteiger partial charge on any atom is 0.227 e. The summed E-state index contributed by atoms with van der Waals surface area (Å²) in [6.45, 7) is 2.07. The van der Waals surface area contributed by atoms with Crippen LogP contribution in [0.1, 0.15) is 31.2 Å². The smallest absolute Gasteiger partial charge is 0.227 e. The van der Waals surface area contributed by atoms with Crippen LogP contribution in [-0.2, 0) is 20.7 Å². The van der Waals surface area contributed by atoms with E-state index in [0.717, 1.165) is 37.0 Å². The molecule has 2 atom stereocenters. The number of amides is 2. The van der Waals surface area contributed by atoms with Crippen LogP contribution < -0.4 is 10.1 Å². The Kier molecular flexibility index (Phi) is 6.50. The first kappa shape index (κ1) is 18.7. The van der Waals surface area contributed by atoms with E-state index < -0.39 is 0 Å². The molecule has 2 fully saturated rings. The Morgan fingerprint density at radius 3 is 3.00 bits per heavy atom. The average Bonchev–Trinajstić information content (AvgIpc) is 2.67. The van der Waals surface area contributed by atoms with Crippen molar-refractivity contribution in [1.82, 2.24) is 10.2 Å². The third-order valence-corrected chi connectivity index (χ3v) is 5.30. The summed E-state index contributed by atoms with van der Waals surface area (Å²) in [5, 5.41) is 2.96. The molecule has 0 bridgehead atoms. The van der Waals surface area contributed by atoms with E-state index in [1.54, 1.807) is 7.11 Å². The number of hydrogen-bond donors (Lipinski definition) is 1. The lowest BCUT2D eigenvalue weighted by molar-refractivity contribution is -0.140. The predicted molar refractivity (Wildman–Crippen MR) is 98.0 cm³/mol. The van der Waals surface area contributed by atoms with Crippen molar-refractivity contribution in [3.05, 3.63) is 29.8 Å². The SMILES string of the molecule is COc1cccc(CC(=O)N2CCOCCNC(=O)C3CCCCC32)c1. The van der Waals surface area contributed by atoms with Crippen LogP contribution in [-0.4, -0.2) is 56.2 Å². The Hall–Kier alpha value is -2.08. The predicted octanol–water partition coefficient (Wildman–Crippen LogP) is 1.77. The molecule has 1 heterocycles. The van der Waals surface area contributed by atoms with Gasteiger partial charge in [0, 0.05) is 19.1 Å². The molecule has 0 aromatic heterocycles. The Morgan fingerprint density at radius 2 is 2.15 bits per heavy atom. The van der Waals surface area contributed by atoms with Gasteiger partial charge in [-0.2, -0.15) is 0 Å². The second-order valence-corrected chi connectivity index (χ2v) is 6.98. The van der Waals surface area contributed by atoms with E-state index in [-0.39, 0.29) is 23.8 Å². The Bertz CT molecular complexity index is 634. The third-order valence-electron chi connectivity index (χ3n) is 5.30. The van der Waals surface area contributed by atoms with Crippen molar-refractivity contribution in [3.8, 4) is 5.75 Å². The van der Waals surface area contributed by atoms with E-state index in [2.05, 4.69) is 5.32 Å². The maximum atomic E-state index is 13.1. The first-order valence-electron chi connectivity index (χ1n) is 9.47. The van der Waals surface area contributed by atoms with Gasteiger partial charge in [0.25, 0.3) is 0 Å². The summed E-state index contributed by atoms with van der Waals surface area (Å²) in [6, 6.07) is 7.55. The number of carbonyl (C=O) groups is 2. The fourth-order valence-corrected chi connectivity index (χ4v) is 3.97. The number of hydrogen-bond acceptors (Lipinski definition) is 4. The molecule has 1 aromatic rings. The second kappa shape index (κ2) is 9.03. The first-order valence-corrected chi connectivity index (χ1v) is 9.47. The van der Waals surface area contributed by atoms with Gasteiger partial charge in [-0.05, 0) is 30.5 Å². The number of carbonyl (C=O) groups excluding carboxylic acids is 2. The summed E-state index contributed by atoms with van der Waals surface area (Å²) in [5.74, 6) is 0.733. The van der Waals surface area contributed by atoms with E-state index in [1.165, 1.54) is 0 Å². The second-order valence-electron chi connectivity index (χ2n) is 6.98. The van der Waals surface area contributed by atoms with E-state index in [0.29, 0.717) is 32.7 Å². The van der Waals surface area contributed by atoms with Crippen molar-refractivity contribution < 1.29 is 19.1 Å². The molecule has 26 heavy (non-hydrogen) atoms. The normalized spacial score (nSPS) is 24.3. The molecular formula is C20H28N2O4. The van der Waals surface area contributed by atoms with Crippen molar-refractivity contribution in [1.29, 1.82) is 0 Å². The number of nitrogens with one attached hydrogen (secondary N) is 1. The molecule has 0 radical (unpaired) electrons. The molecule has 1 aliphatic carbocycles. The lowest BCUT2D eigenvalue weighted by Gasteiger charge is -2.40. The molecular weight excluding hydrogens is 332 g/mol. The highest BCUT2D eigenvalue weighted by Crippen LogP contribution is 2.29. The maximum absolute atomic E-state index is 13.1. The highest BCUT2D eigenvalue weighted by Gasteiger charge is 2.37. The van der Waals surface area contributed by atoms with Crippen LogP contribution in [0.25, 0.3) is 0 Å². The summed E-state index contributed by atoms with van der Waals surface area (Å²) in [6.07, 6.45) is 4.13. The minimum atomic E-state index is -0.115. The highest BCUT2D eigenvalue weighted by molar-refractivity contribution is 5.83. The van der Waals surface area contributed by atoms with Gasteiger partial charge in [0.2, 0.25) is 11.8 Å². The first-order chi connectivity index (χ1) is 12.7. The van der Waals surface area contributed by atoms with Gasteiger partial charge in [-0.15, -0.1) is 0 Å². The van der Waals surface area contributed by atoms with E-state index in [4.69, 9.17) is 9.47 Å². The third kappa shape index (κ3) is 4.55. The van der Waals surface area contributed by atoms with Gasteiger partial charge in [0.05, 0.1) is 32.7 Å². The molecule has 1 N–H and O–H groups in total. The van der Waals surface area contributed by atoms with Crippen LogP contribution in [0.4, 0.5) is 0 Å². The zero-order chi connectivity index (χ0) is 18.4. The van der Waals surface area contributed by atoms with E-state index in [1.807, 2.05) is 29.2 Å². The van der Waals surface area contributed by atoms with Gasteiger partial charge in [-0.25, -0.2) is 0 Å². The van der Waals surface area contributed by atoms with Crippen LogP contribution >= 0.6 is 0 Å². The molecule has 6 nitrogen and oxygen atoms in total. The van der Waals surface area contributed by atoms with E-state index >= 15 is 0 Å². The molecule has 2 unspecified atom stereocenters. The summed E-state index contributed by atoms with van der Waals surface area (Å²) in [5.41, 5.74) is 0.921. The fourth-order valence-electron chi connectivity index (χ4n) is 3.97. The average molecular weight is 360 g/mol. The molecule has 1 aliphatic heterocycles. The van der Waals surface area contributed by atoms with Crippen LogP contribution in [0.5, 0.6) is 5.75 Å². The van der Waals surface area contributed by atoms with Gasteiger partial charge in [-0.3, -0.25) is 9.59 Å². The van der Waals surface area contributed by atoms with Crippen molar-refractivity contribution >= 4 is 11.8 Å². The zero-order valence-corrected chi connectivity index (χ0v) is 15.4. The Labute approximate surface area is 154 Å². The van der Waals surface area contributed by atoms with Gasteiger partial charge < -0.3 is 19.7 Å². The van der Waals surface area contributed by atoms with Crippen molar-refractivity contribution in [2.24, 2.45) is 5.92 Å². The van der Waals surface area contributed by atoms with Gasteiger partial charge >= 0.3 is 0 Å². The molecule has 1 aromatic carbocycles. The number of benzene rings is 1. The summed E-state index contributed by atoms with van der Waals surface area (Å²) < 4.78 is 10.8. The van der Waals surface area contributed by atoms with Crippen LogP contribution in [0.15, 0.2) is 24.3 Å². The lowest BCUT2D eigenvalue weighted by atomic mass is 9.82. The van der Waals surface area contributed by atoms with Gasteiger partial charge in [-0.1, -0.05) is 25.0 Å². The van der Waals surface area contributed by atoms with Crippen LogP contribution in [0.2, 0.25) is 0 Å². The summed E-state index contributed by atoms with van der Waals surface area (Å²) >= 11 is 0. The molecule has 6 heteroatoms. The van der Waals surface area contributed by atoms with Crippen molar-refractivity contribution in [2.75, 3.05) is 33.4 Å². The number of nitrogens with zero attached hydrogens (tertiary/aromatic N) is 1. The topological polar surface area (TPSA) is 67.9 Å². The zero-order valence-electron chi connectivity index (χ0n) is 15.4. The lowest BCUT2D eigenvalue weighted by Crippen LogP contribution is -2.53. The molecule has 142 valence electrons.